The highest BCUT2D eigenvalue weighted by molar-refractivity contribution is 6.06. The third kappa shape index (κ3) is 3.91. The molecule has 0 saturated heterocycles. The molecule has 3 heteroatoms. The van der Waals surface area contributed by atoms with Crippen LogP contribution < -0.4 is 0 Å². The summed E-state index contributed by atoms with van der Waals surface area (Å²) < 4.78 is 0. The molecule has 0 unspecified atom stereocenters. The summed E-state index contributed by atoms with van der Waals surface area (Å²) in [5.41, 5.74) is 10.4. The fraction of sp³-hybridized carbons (Fsp3) is 0. The Labute approximate surface area is 221 Å². The molecule has 0 spiro atoms. The SMILES string of the molecule is c1ccc(-c2nc3ccccc3nc2-c2ccc(-c3ccc(-c4ccncc4)cc3)c3ccccc23)cc1. The molecule has 0 fully saturated rings. The van der Waals surface area contributed by atoms with Crippen LogP contribution in [0.3, 0.4) is 0 Å². The van der Waals surface area contributed by atoms with Crippen LogP contribution in [0.4, 0.5) is 0 Å². The summed E-state index contributed by atoms with van der Waals surface area (Å²) in [5.74, 6) is 0. The highest BCUT2D eigenvalue weighted by Crippen LogP contribution is 2.39. The Kier molecular flexibility index (Phi) is 5.45. The van der Waals surface area contributed by atoms with E-state index < -0.39 is 0 Å². The van der Waals surface area contributed by atoms with Crippen LogP contribution in [0.1, 0.15) is 0 Å². The number of hydrogen-bond acceptors (Lipinski definition) is 3. The molecule has 0 aliphatic rings. The average molecular weight is 486 g/mol. The molecule has 0 radical (unpaired) electrons. The van der Waals surface area contributed by atoms with Gasteiger partial charge in [0.05, 0.1) is 22.4 Å². The van der Waals surface area contributed by atoms with Gasteiger partial charge in [-0.25, -0.2) is 9.97 Å². The van der Waals surface area contributed by atoms with E-state index in [0.717, 1.165) is 44.5 Å². The van der Waals surface area contributed by atoms with Crippen LogP contribution >= 0.6 is 0 Å². The summed E-state index contributed by atoms with van der Waals surface area (Å²) >= 11 is 0. The molecule has 2 heterocycles. The molecule has 38 heavy (non-hydrogen) atoms. The molecule has 7 rings (SSSR count). The van der Waals surface area contributed by atoms with Crippen molar-refractivity contribution in [1.82, 2.24) is 15.0 Å². The number of benzene rings is 5. The zero-order chi connectivity index (χ0) is 25.3. The van der Waals surface area contributed by atoms with Crippen LogP contribution in [0, 0.1) is 0 Å². The van der Waals surface area contributed by atoms with Crippen molar-refractivity contribution in [2.24, 2.45) is 0 Å². The molecule has 3 nitrogen and oxygen atoms in total. The summed E-state index contributed by atoms with van der Waals surface area (Å²) in [5, 5.41) is 2.35. The van der Waals surface area contributed by atoms with E-state index in [0.29, 0.717) is 0 Å². The summed E-state index contributed by atoms with van der Waals surface area (Å²) in [6, 6.07) is 44.2. The van der Waals surface area contributed by atoms with Gasteiger partial charge in [0.25, 0.3) is 0 Å². The van der Waals surface area contributed by atoms with Crippen LogP contribution in [0.25, 0.3) is 66.6 Å². The van der Waals surface area contributed by atoms with Crippen LogP contribution in [-0.4, -0.2) is 15.0 Å². The summed E-state index contributed by atoms with van der Waals surface area (Å²) in [4.78, 5) is 14.4. The minimum absolute atomic E-state index is 0.891. The maximum absolute atomic E-state index is 5.15. The third-order valence-corrected chi connectivity index (χ3v) is 7.01. The Hall–Kier alpha value is -5.15. The van der Waals surface area contributed by atoms with Crippen molar-refractivity contribution in [2.75, 3.05) is 0 Å². The minimum Gasteiger partial charge on any atom is -0.265 e. The Morgan fingerprint density at radius 1 is 0.342 bits per heavy atom. The number of fused-ring (bicyclic) bond motifs is 2. The van der Waals surface area contributed by atoms with Crippen molar-refractivity contribution in [3.05, 3.63) is 140 Å². The van der Waals surface area contributed by atoms with Crippen molar-refractivity contribution in [2.45, 2.75) is 0 Å². The molecule has 0 aliphatic carbocycles. The first-order valence-electron chi connectivity index (χ1n) is 12.7. The summed E-state index contributed by atoms with van der Waals surface area (Å²) in [6.07, 6.45) is 3.66. The number of hydrogen-bond donors (Lipinski definition) is 0. The van der Waals surface area contributed by atoms with E-state index >= 15 is 0 Å². The van der Waals surface area contributed by atoms with Gasteiger partial charge in [-0.3, -0.25) is 4.98 Å². The molecule has 2 aromatic heterocycles. The first kappa shape index (κ1) is 22.1. The molecule has 0 aliphatic heterocycles. The number of pyridine rings is 1. The standard InChI is InChI=1S/C35H23N3/c1-2-8-27(9-3-1)34-35(38-33-13-7-6-12-32(33)37-34)31-19-18-28(29-10-4-5-11-30(29)31)26-16-14-24(15-17-26)25-20-22-36-23-21-25/h1-23H. The molecular weight excluding hydrogens is 462 g/mol. The lowest BCUT2D eigenvalue weighted by Crippen LogP contribution is -1.96. The van der Waals surface area contributed by atoms with E-state index in [1.807, 2.05) is 67.0 Å². The molecule has 0 bridgehead atoms. The van der Waals surface area contributed by atoms with Crippen LogP contribution in [0.2, 0.25) is 0 Å². The molecule has 0 atom stereocenters. The third-order valence-electron chi connectivity index (χ3n) is 7.01. The lowest BCUT2D eigenvalue weighted by atomic mass is 9.91. The van der Waals surface area contributed by atoms with Crippen LogP contribution in [0.15, 0.2) is 140 Å². The Morgan fingerprint density at radius 2 is 0.868 bits per heavy atom. The van der Waals surface area contributed by atoms with Crippen molar-refractivity contribution >= 4 is 21.8 Å². The largest absolute Gasteiger partial charge is 0.265 e. The van der Waals surface area contributed by atoms with E-state index in [-0.39, 0.29) is 0 Å². The lowest BCUT2D eigenvalue weighted by molar-refractivity contribution is 1.30. The van der Waals surface area contributed by atoms with Gasteiger partial charge in [0.15, 0.2) is 0 Å². The summed E-state index contributed by atoms with van der Waals surface area (Å²) in [6.45, 7) is 0. The van der Waals surface area contributed by atoms with E-state index in [1.165, 1.54) is 22.1 Å². The van der Waals surface area contributed by atoms with Gasteiger partial charge in [-0.05, 0) is 57.3 Å². The van der Waals surface area contributed by atoms with E-state index in [2.05, 4.69) is 77.8 Å². The highest BCUT2D eigenvalue weighted by atomic mass is 14.8. The second-order valence-corrected chi connectivity index (χ2v) is 9.30. The summed E-state index contributed by atoms with van der Waals surface area (Å²) in [7, 11) is 0. The Bertz CT molecular complexity index is 1890. The first-order chi connectivity index (χ1) is 18.8. The van der Waals surface area contributed by atoms with Gasteiger partial charge in [-0.15, -0.1) is 0 Å². The molecule has 0 saturated carbocycles. The highest BCUT2D eigenvalue weighted by Gasteiger charge is 2.17. The van der Waals surface area contributed by atoms with Gasteiger partial charge >= 0.3 is 0 Å². The zero-order valence-electron chi connectivity index (χ0n) is 20.6. The minimum atomic E-state index is 0.891. The van der Waals surface area contributed by atoms with Gasteiger partial charge < -0.3 is 0 Å². The second-order valence-electron chi connectivity index (χ2n) is 9.30. The fourth-order valence-corrected chi connectivity index (χ4v) is 5.13. The van der Waals surface area contributed by atoms with Crippen LogP contribution in [-0.2, 0) is 0 Å². The number of para-hydroxylation sites is 2. The monoisotopic (exact) mass is 485 g/mol. The number of nitrogens with zero attached hydrogens (tertiary/aromatic N) is 3. The van der Waals surface area contributed by atoms with Gasteiger partial charge in [-0.1, -0.05) is 103 Å². The molecule has 7 aromatic rings. The van der Waals surface area contributed by atoms with Crippen molar-refractivity contribution in [3.8, 4) is 44.8 Å². The Balaban J connectivity index is 1.41. The smallest absolute Gasteiger partial charge is 0.0979 e. The van der Waals surface area contributed by atoms with Crippen LogP contribution in [0.5, 0.6) is 0 Å². The lowest BCUT2D eigenvalue weighted by Gasteiger charge is -2.15. The normalized spacial score (nSPS) is 11.2. The molecule has 0 N–H and O–H groups in total. The number of rotatable bonds is 4. The topological polar surface area (TPSA) is 38.7 Å². The van der Waals surface area contributed by atoms with E-state index in [1.54, 1.807) is 0 Å². The van der Waals surface area contributed by atoms with Gasteiger partial charge in [0, 0.05) is 23.5 Å². The fourth-order valence-electron chi connectivity index (χ4n) is 5.13. The van der Waals surface area contributed by atoms with Crippen molar-refractivity contribution in [1.29, 1.82) is 0 Å². The van der Waals surface area contributed by atoms with Crippen molar-refractivity contribution < 1.29 is 0 Å². The first-order valence-corrected chi connectivity index (χ1v) is 12.7. The molecule has 0 amide bonds. The number of aromatic nitrogens is 3. The molecule has 5 aromatic carbocycles. The second kappa shape index (κ2) is 9.38. The maximum Gasteiger partial charge on any atom is 0.0979 e. The van der Waals surface area contributed by atoms with E-state index in [9.17, 15) is 0 Å². The van der Waals surface area contributed by atoms with Gasteiger partial charge in [0.1, 0.15) is 0 Å². The van der Waals surface area contributed by atoms with Crippen molar-refractivity contribution in [3.63, 3.8) is 0 Å². The predicted molar refractivity (Wildman–Crippen MR) is 157 cm³/mol. The quantitative estimate of drug-likeness (QED) is 0.250. The maximum atomic E-state index is 5.15. The van der Waals surface area contributed by atoms with Gasteiger partial charge in [0.2, 0.25) is 0 Å². The molecule has 178 valence electrons. The van der Waals surface area contributed by atoms with Gasteiger partial charge in [-0.2, -0.15) is 0 Å². The zero-order valence-corrected chi connectivity index (χ0v) is 20.6. The predicted octanol–water partition coefficient (Wildman–Crippen LogP) is 8.85. The average Bonchev–Trinajstić information content (AvgIpc) is 3.01. The molecular formula is C35H23N3. The van der Waals surface area contributed by atoms with E-state index in [4.69, 9.17) is 9.97 Å². The Morgan fingerprint density at radius 3 is 1.58 bits per heavy atom.